The van der Waals surface area contributed by atoms with Gasteiger partial charge in [0.05, 0.1) is 25.4 Å². The number of carbonyl (C=O) groups excluding carboxylic acids is 1. The van der Waals surface area contributed by atoms with Crippen molar-refractivity contribution in [2.75, 3.05) is 19.8 Å². The third kappa shape index (κ3) is 8.09. The molecule has 0 atom stereocenters. The van der Waals surface area contributed by atoms with Crippen molar-refractivity contribution in [3.63, 3.8) is 0 Å². The van der Waals surface area contributed by atoms with Crippen LogP contribution in [0.5, 0.6) is 0 Å². The van der Waals surface area contributed by atoms with Gasteiger partial charge in [-0.25, -0.2) is 0 Å². The van der Waals surface area contributed by atoms with E-state index in [0.717, 1.165) is 11.1 Å². The van der Waals surface area contributed by atoms with Gasteiger partial charge >= 0.3 is 6.18 Å². The molecule has 0 fully saturated rings. The molecule has 1 amide bonds. The molecule has 0 aliphatic rings. The van der Waals surface area contributed by atoms with Gasteiger partial charge in [0.25, 0.3) is 0 Å². The predicted octanol–water partition coefficient (Wildman–Crippen LogP) is 4.50. The number of carbonyl (C=O) groups is 1. The molecule has 0 heterocycles. The van der Waals surface area contributed by atoms with Crippen molar-refractivity contribution in [3.8, 4) is 0 Å². The van der Waals surface area contributed by atoms with E-state index < -0.39 is 17.7 Å². The summed E-state index contributed by atoms with van der Waals surface area (Å²) < 4.78 is 50.6. The highest BCUT2D eigenvalue weighted by atomic mass is 19.4. The van der Waals surface area contributed by atoms with Crippen molar-refractivity contribution < 1.29 is 27.4 Å². The number of amides is 1. The van der Waals surface area contributed by atoms with Crippen molar-refractivity contribution in [2.24, 2.45) is 0 Å². The van der Waals surface area contributed by atoms with E-state index in [-0.39, 0.29) is 12.1 Å². The third-order valence-electron chi connectivity index (χ3n) is 3.97. The zero-order chi connectivity index (χ0) is 21.1. The topological polar surface area (TPSA) is 47.6 Å². The van der Waals surface area contributed by atoms with Gasteiger partial charge in [0, 0.05) is 19.2 Å². The number of rotatable bonds is 10. The highest BCUT2D eigenvalue weighted by molar-refractivity contribution is 5.96. The predicted molar refractivity (Wildman–Crippen MR) is 105 cm³/mol. The van der Waals surface area contributed by atoms with Crippen LogP contribution in [0, 0.1) is 0 Å². The monoisotopic (exact) mass is 407 g/mol. The maximum atomic E-state index is 13.3. The molecule has 2 aromatic carbocycles. The number of benzene rings is 2. The quantitative estimate of drug-likeness (QED) is 0.466. The summed E-state index contributed by atoms with van der Waals surface area (Å²) in [6.45, 7) is 4.03. The minimum absolute atomic E-state index is 0.0543. The molecule has 0 saturated heterocycles. The Morgan fingerprint density at radius 1 is 1.00 bits per heavy atom. The first kappa shape index (κ1) is 22.6. The van der Waals surface area contributed by atoms with Crippen molar-refractivity contribution in [1.82, 2.24) is 5.32 Å². The van der Waals surface area contributed by atoms with Crippen LogP contribution in [0.2, 0.25) is 0 Å². The van der Waals surface area contributed by atoms with Crippen LogP contribution in [0.25, 0.3) is 5.57 Å². The fourth-order valence-corrected chi connectivity index (χ4v) is 2.60. The average Bonchev–Trinajstić information content (AvgIpc) is 2.70. The maximum Gasteiger partial charge on any atom is 0.417 e. The Labute approximate surface area is 168 Å². The Balaban J connectivity index is 1.95. The fraction of sp³-hybridized carbons (Fsp3) is 0.318. The smallest absolute Gasteiger partial charge is 0.379 e. The van der Waals surface area contributed by atoms with E-state index in [0.29, 0.717) is 32.5 Å². The Morgan fingerprint density at radius 3 is 2.38 bits per heavy atom. The zero-order valence-electron chi connectivity index (χ0n) is 16.2. The molecule has 2 aromatic rings. The van der Waals surface area contributed by atoms with Gasteiger partial charge in [0.1, 0.15) is 0 Å². The number of hydrogen-bond donors (Lipinski definition) is 1. The summed E-state index contributed by atoms with van der Waals surface area (Å²) in [6.07, 6.45) is -4.03. The molecule has 29 heavy (non-hydrogen) atoms. The molecule has 0 aliphatic heterocycles. The number of alkyl halides is 3. The Kier molecular flexibility index (Phi) is 8.89. The molecular formula is C22H24F3NO3. The molecule has 0 aromatic heterocycles. The average molecular weight is 407 g/mol. The number of nitrogens with one attached hydrogen (secondary N) is 1. The summed E-state index contributed by atoms with van der Waals surface area (Å²) in [4.78, 5) is 12.1. The first-order valence-electron chi connectivity index (χ1n) is 9.25. The standard InChI is InChI=1S/C22H24F3NO3/c1-2-28-11-12-29-16-18-8-6-7-17(13-18)15-26-21(27)14-20(22(23,24)25)19-9-4-3-5-10-19/h3-10,13-14H,2,11-12,15-16H2,1H3,(H,26,27)/b20-14-. The van der Waals surface area contributed by atoms with Gasteiger partial charge in [-0.1, -0.05) is 54.6 Å². The molecule has 0 spiro atoms. The number of halogens is 3. The second kappa shape index (κ2) is 11.4. The van der Waals surface area contributed by atoms with Gasteiger partial charge in [-0.3, -0.25) is 4.79 Å². The summed E-state index contributed by atoms with van der Waals surface area (Å²) in [7, 11) is 0. The molecule has 4 nitrogen and oxygen atoms in total. The van der Waals surface area contributed by atoms with Gasteiger partial charge in [-0.2, -0.15) is 13.2 Å². The largest absolute Gasteiger partial charge is 0.417 e. The summed E-state index contributed by atoms with van der Waals surface area (Å²) in [6, 6.07) is 14.6. The molecule has 7 heteroatoms. The number of allylic oxidation sites excluding steroid dienone is 1. The van der Waals surface area contributed by atoms with Crippen LogP contribution in [0.3, 0.4) is 0 Å². The third-order valence-corrected chi connectivity index (χ3v) is 3.97. The molecule has 0 saturated carbocycles. The molecular weight excluding hydrogens is 383 g/mol. The fourth-order valence-electron chi connectivity index (χ4n) is 2.60. The second-order valence-corrected chi connectivity index (χ2v) is 6.21. The molecule has 156 valence electrons. The summed E-state index contributed by atoms with van der Waals surface area (Å²) in [5.41, 5.74) is 0.642. The van der Waals surface area contributed by atoms with Crippen LogP contribution >= 0.6 is 0 Å². The van der Waals surface area contributed by atoms with Gasteiger partial charge in [0.15, 0.2) is 0 Å². The minimum Gasteiger partial charge on any atom is -0.379 e. The minimum atomic E-state index is -4.63. The SMILES string of the molecule is CCOCCOCc1cccc(CNC(=O)/C=C(/c2ccccc2)C(F)(F)F)c1. The van der Waals surface area contributed by atoms with Gasteiger partial charge < -0.3 is 14.8 Å². The number of ether oxygens (including phenoxy) is 2. The van der Waals surface area contributed by atoms with Crippen molar-refractivity contribution in [2.45, 2.75) is 26.3 Å². The normalized spacial score (nSPS) is 12.1. The van der Waals surface area contributed by atoms with E-state index in [9.17, 15) is 18.0 Å². The van der Waals surface area contributed by atoms with E-state index >= 15 is 0 Å². The number of hydrogen-bond acceptors (Lipinski definition) is 3. The van der Waals surface area contributed by atoms with Crippen LogP contribution in [-0.4, -0.2) is 31.9 Å². The highest BCUT2D eigenvalue weighted by Crippen LogP contribution is 2.33. The van der Waals surface area contributed by atoms with Crippen LogP contribution in [0.4, 0.5) is 13.2 Å². The van der Waals surface area contributed by atoms with Crippen molar-refractivity contribution in [3.05, 3.63) is 77.4 Å². The first-order valence-corrected chi connectivity index (χ1v) is 9.25. The van der Waals surface area contributed by atoms with E-state index in [1.54, 1.807) is 12.1 Å². The van der Waals surface area contributed by atoms with Crippen molar-refractivity contribution >= 4 is 11.5 Å². The summed E-state index contributed by atoms with van der Waals surface area (Å²) >= 11 is 0. The Bertz CT molecular complexity index is 804. The highest BCUT2D eigenvalue weighted by Gasteiger charge is 2.35. The Hall–Kier alpha value is -2.64. The summed E-state index contributed by atoms with van der Waals surface area (Å²) in [5.74, 6) is -0.806. The van der Waals surface area contributed by atoms with Crippen molar-refractivity contribution in [1.29, 1.82) is 0 Å². The van der Waals surface area contributed by atoms with E-state index in [1.807, 2.05) is 25.1 Å². The van der Waals surface area contributed by atoms with E-state index in [1.165, 1.54) is 24.3 Å². The molecule has 0 aliphatic carbocycles. The van der Waals surface area contributed by atoms with Gasteiger partial charge in [-0.15, -0.1) is 0 Å². The van der Waals surface area contributed by atoms with Gasteiger partial charge in [0.2, 0.25) is 5.91 Å². The summed E-state index contributed by atoms with van der Waals surface area (Å²) in [5, 5.41) is 2.51. The lowest BCUT2D eigenvalue weighted by Gasteiger charge is -2.12. The lowest BCUT2D eigenvalue weighted by molar-refractivity contribution is -0.117. The molecule has 0 radical (unpaired) electrons. The lowest BCUT2D eigenvalue weighted by Crippen LogP contribution is -2.23. The molecule has 2 rings (SSSR count). The molecule has 0 bridgehead atoms. The van der Waals surface area contributed by atoms with Crippen LogP contribution in [-0.2, 0) is 27.4 Å². The molecule has 0 unspecified atom stereocenters. The zero-order valence-corrected chi connectivity index (χ0v) is 16.2. The van der Waals surface area contributed by atoms with Crippen LogP contribution in [0.15, 0.2) is 60.7 Å². The van der Waals surface area contributed by atoms with Crippen LogP contribution in [0.1, 0.15) is 23.6 Å². The van der Waals surface area contributed by atoms with E-state index in [2.05, 4.69) is 5.32 Å². The second-order valence-electron chi connectivity index (χ2n) is 6.21. The lowest BCUT2D eigenvalue weighted by atomic mass is 10.1. The Morgan fingerprint density at radius 2 is 1.69 bits per heavy atom. The first-order chi connectivity index (χ1) is 13.9. The molecule has 1 N–H and O–H groups in total. The van der Waals surface area contributed by atoms with Crippen LogP contribution < -0.4 is 5.32 Å². The maximum absolute atomic E-state index is 13.3. The van der Waals surface area contributed by atoms with Gasteiger partial charge in [-0.05, 0) is 23.6 Å². The van der Waals surface area contributed by atoms with E-state index in [4.69, 9.17) is 9.47 Å².